The number of hydrogen-bond acceptors (Lipinski definition) is 8. The van der Waals surface area contributed by atoms with Gasteiger partial charge in [-0.2, -0.15) is 0 Å². The van der Waals surface area contributed by atoms with Crippen molar-refractivity contribution in [2.45, 2.75) is 264 Å². The molecule has 0 amide bonds. The molecule has 2 unspecified atom stereocenters. The summed E-state index contributed by atoms with van der Waals surface area (Å²) in [5.74, 6) is -0.849. The number of hydrogen-bond donors (Lipinski definition) is 0. The lowest BCUT2D eigenvalue weighted by molar-refractivity contribution is -0.870. The SMILES string of the molecule is CC/C=C\C/C=C\C/C=C\C/C=C\C/C=C\C/C=C\CCCCCCCCCCCCCCCCCCCCC(=O)OC(COC(=O)CCCCCCCC/C=C\C/C=C\C/C=C\C/C=C\CC)COP(=O)([O-])OCC[N+](C)(C)C. The largest absolute Gasteiger partial charge is 0.756 e. The van der Waals surface area contributed by atoms with Crippen LogP contribution in [0.15, 0.2) is 122 Å². The maximum Gasteiger partial charge on any atom is 0.306 e. The van der Waals surface area contributed by atoms with Crippen LogP contribution in [0.5, 0.6) is 0 Å². The van der Waals surface area contributed by atoms with Crippen molar-refractivity contribution in [2.24, 2.45) is 0 Å². The molecular weight excluding hydrogens is 1010 g/mol. The standard InChI is InChI=1S/C70H120NO8P/c1-6-8-10-12-14-16-18-20-22-24-26-27-28-29-30-31-32-33-34-35-36-37-38-39-40-41-42-43-45-47-49-51-53-55-57-59-61-63-70(73)79-68(67-78-80(74,75)77-65-64-71(3,4)5)66-76-69(72)62-60-58-56-54-52-50-48-46-44-25-23-21-19-17-15-13-11-9-7-2/h8-11,14-17,20-23,26-27,29-30,32-33,44,46,68H,6-7,12-13,18-19,24-25,28,31,34-43,45,47-67H2,1-5H3/b10-8-,11-9-,16-14-,17-15-,22-20-,23-21-,27-26-,30-29-,33-32-,46-44-. The van der Waals surface area contributed by atoms with Crippen LogP contribution in [-0.4, -0.2) is 70.0 Å². The Kier molecular flexibility index (Phi) is 57.3. The Labute approximate surface area is 492 Å². The van der Waals surface area contributed by atoms with E-state index in [0.29, 0.717) is 23.9 Å². The van der Waals surface area contributed by atoms with E-state index in [4.69, 9.17) is 18.5 Å². The minimum absolute atomic E-state index is 0.0376. The number of unbranched alkanes of at least 4 members (excludes halogenated alkanes) is 24. The molecule has 0 aliphatic heterocycles. The summed E-state index contributed by atoms with van der Waals surface area (Å²) in [4.78, 5) is 37.9. The Morgan fingerprint density at radius 3 is 1.00 bits per heavy atom. The predicted molar refractivity (Wildman–Crippen MR) is 341 cm³/mol. The Bertz CT molecular complexity index is 1760. The molecule has 0 aliphatic carbocycles. The summed E-state index contributed by atoms with van der Waals surface area (Å²) in [6, 6.07) is 0. The van der Waals surface area contributed by atoms with Crippen molar-refractivity contribution in [3.63, 3.8) is 0 Å². The maximum atomic E-state index is 12.8. The lowest BCUT2D eigenvalue weighted by Crippen LogP contribution is -2.37. The molecule has 0 aromatic heterocycles. The predicted octanol–water partition coefficient (Wildman–Crippen LogP) is 20.1. The van der Waals surface area contributed by atoms with Gasteiger partial charge in [0, 0.05) is 12.8 Å². The fourth-order valence-electron chi connectivity index (χ4n) is 8.59. The smallest absolute Gasteiger partial charge is 0.306 e. The number of allylic oxidation sites excluding steroid dienone is 20. The second-order valence-corrected chi connectivity index (χ2v) is 23.8. The van der Waals surface area contributed by atoms with E-state index in [1.54, 1.807) is 0 Å². The monoisotopic (exact) mass is 1130 g/mol. The maximum absolute atomic E-state index is 12.8. The van der Waals surface area contributed by atoms with E-state index in [1.165, 1.54) is 96.3 Å². The first kappa shape index (κ1) is 76.4. The highest BCUT2D eigenvalue weighted by atomic mass is 31.2. The number of phosphoric acid groups is 1. The van der Waals surface area contributed by atoms with E-state index in [0.717, 1.165) is 122 Å². The summed E-state index contributed by atoms with van der Waals surface area (Å²) in [6.45, 7) is 4.00. The molecular formula is C70H120NO8P. The van der Waals surface area contributed by atoms with Crippen molar-refractivity contribution in [3.8, 4) is 0 Å². The van der Waals surface area contributed by atoms with Gasteiger partial charge in [0.2, 0.25) is 0 Å². The molecule has 0 aromatic carbocycles. The van der Waals surface area contributed by atoms with Crippen LogP contribution in [0.1, 0.15) is 258 Å². The number of phosphoric ester groups is 1. The second kappa shape index (κ2) is 60.0. The highest BCUT2D eigenvalue weighted by Gasteiger charge is 2.22. The molecule has 0 rings (SSSR count). The zero-order valence-corrected chi connectivity index (χ0v) is 52.9. The van der Waals surface area contributed by atoms with Crippen molar-refractivity contribution in [2.75, 3.05) is 47.5 Å². The number of nitrogens with zero attached hydrogens (tertiary/aromatic N) is 1. The Morgan fingerprint density at radius 2 is 0.675 bits per heavy atom. The van der Waals surface area contributed by atoms with E-state index in [2.05, 4.69) is 135 Å². The van der Waals surface area contributed by atoms with Gasteiger partial charge in [-0.05, 0) is 103 Å². The van der Waals surface area contributed by atoms with Gasteiger partial charge in [0.15, 0.2) is 6.10 Å². The van der Waals surface area contributed by atoms with E-state index in [1.807, 2.05) is 21.1 Å². The van der Waals surface area contributed by atoms with E-state index in [-0.39, 0.29) is 26.1 Å². The molecule has 9 nitrogen and oxygen atoms in total. The Balaban J connectivity index is 4.04. The number of esters is 2. The topological polar surface area (TPSA) is 111 Å². The molecule has 0 heterocycles. The van der Waals surface area contributed by atoms with Gasteiger partial charge in [-0.15, -0.1) is 0 Å². The first-order valence-electron chi connectivity index (χ1n) is 32.2. The molecule has 0 radical (unpaired) electrons. The Morgan fingerprint density at radius 1 is 0.388 bits per heavy atom. The number of quaternary nitrogens is 1. The zero-order valence-electron chi connectivity index (χ0n) is 52.0. The number of ether oxygens (including phenoxy) is 2. The second-order valence-electron chi connectivity index (χ2n) is 22.4. The number of likely N-dealkylation sites (N-methyl/N-ethyl adjacent to an activating group) is 1. The molecule has 458 valence electrons. The molecule has 0 saturated carbocycles. The van der Waals surface area contributed by atoms with Crippen molar-refractivity contribution >= 4 is 19.8 Å². The van der Waals surface area contributed by atoms with Gasteiger partial charge in [0.25, 0.3) is 7.82 Å². The molecule has 0 aliphatic rings. The van der Waals surface area contributed by atoms with Crippen LogP contribution in [0.25, 0.3) is 0 Å². The van der Waals surface area contributed by atoms with Gasteiger partial charge in [-0.3, -0.25) is 14.2 Å². The molecule has 2 atom stereocenters. The van der Waals surface area contributed by atoms with Gasteiger partial charge in [-0.25, -0.2) is 0 Å². The quantitative estimate of drug-likeness (QED) is 0.0195. The zero-order chi connectivity index (χ0) is 58.4. The highest BCUT2D eigenvalue weighted by Crippen LogP contribution is 2.38. The molecule has 0 spiro atoms. The van der Waals surface area contributed by atoms with Crippen molar-refractivity contribution in [1.82, 2.24) is 0 Å². The third kappa shape index (κ3) is 63.6. The number of carbonyl (C=O) groups is 2. The Hall–Kier alpha value is -3.59. The lowest BCUT2D eigenvalue weighted by atomic mass is 10.0. The summed E-state index contributed by atoms with van der Waals surface area (Å²) < 4.78 is 34.2. The molecule has 0 N–H and O–H groups in total. The normalized spacial score (nSPS) is 14.0. The first-order valence-corrected chi connectivity index (χ1v) is 33.7. The summed E-state index contributed by atoms with van der Waals surface area (Å²) >= 11 is 0. The fraction of sp³-hybridized carbons (Fsp3) is 0.686. The van der Waals surface area contributed by atoms with Crippen LogP contribution < -0.4 is 4.89 Å². The van der Waals surface area contributed by atoms with Crippen LogP contribution in [0.2, 0.25) is 0 Å². The first-order chi connectivity index (χ1) is 39.0. The van der Waals surface area contributed by atoms with Crippen molar-refractivity contribution < 1.29 is 42.1 Å². The lowest BCUT2D eigenvalue weighted by Gasteiger charge is -2.28. The summed E-state index contributed by atoms with van der Waals surface area (Å²) in [5, 5.41) is 0. The van der Waals surface area contributed by atoms with Gasteiger partial charge < -0.3 is 27.9 Å². The molecule has 80 heavy (non-hydrogen) atoms. The molecule has 0 saturated heterocycles. The minimum Gasteiger partial charge on any atom is -0.756 e. The van der Waals surface area contributed by atoms with Gasteiger partial charge >= 0.3 is 11.9 Å². The van der Waals surface area contributed by atoms with Crippen LogP contribution >= 0.6 is 7.82 Å². The van der Waals surface area contributed by atoms with Crippen LogP contribution in [0.4, 0.5) is 0 Å². The van der Waals surface area contributed by atoms with Crippen LogP contribution in [0.3, 0.4) is 0 Å². The summed E-state index contributed by atoms with van der Waals surface area (Å²) in [5.41, 5.74) is 0. The van der Waals surface area contributed by atoms with Crippen LogP contribution in [-0.2, 0) is 32.7 Å². The molecule has 10 heteroatoms. The van der Waals surface area contributed by atoms with E-state index < -0.39 is 32.5 Å². The van der Waals surface area contributed by atoms with Crippen molar-refractivity contribution in [1.29, 1.82) is 0 Å². The molecule has 0 fully saturated rings. The number of carbonyl (C=O) groups excluding carboxylic acids is 2. The van der Waals surface area contributed by atoms with Crippen molar-refractivity contribution in [3.05, 3.63) is 122 Å². The van der Waals surface area contributed by atoms with Gasteiger partial charge in [0.05, 0.1) is 27.7 Å². The average molecular weight is 1130 g/mol. The molecule has 0 bridgehead atoms. The van der Waals surface area contributed by atoms with E-state index >= 15 is 0 Å². The average Bonchev–Trinajstić information content (AvgIpc) is 3.42. The minimum atomic E-state index is -4.65. The molecule has 0 aromatic rings. The fourth-order valence-corrected chi connectivity index (χ4v) is 9.32. The number of rotatable bonds is 58. The van der Waals surface area contributed by atoms with Gasteiger partial charge in [-0.1, -0.05) is 264 Å². The highest BCUT2D eigenvalue weighted by molar-refractivity contribution is 7.45. The summed E-state index contributed by atoms with van der Waals surface area (Å²) in [7, 11) is 1.15. The summed E-state index contributed by atoms with van der Waals surface area (Å²) in [6.07, 6.45) is 85.5. The third-order valence-corrected chi connectivity index (χ3v) is 14.4. The van der Waals surface area contributed by atoms with Gasteiger partial charge in [0.1, 0.15) is 19.8 Å². The van der Waals surface area contributed by atoms with Crippen LogP contribution in [0, 0.1) is 0 Å². The third-order valence-electron chi connectivity index (χ3n) is 13.5. The van der Waals surface area contributed by atoms with E-state index in [9.17, 15) is 19.0 Å².